The van der Waals surface area contributed by atoms with Crippen LogP contribution in [0.4, 0.5) is 10.6 Å². The molecule has 2 aliphatic rings. The minimum absolute atomic E-state index is 0.216. The summed E-state index contributed by atoms with van der Waals surface area (Å²) < 4.78 is 5.24. The zero-order chi connectivity index (χ0) is 17.1. The van der Waals surface area contributed by atoms with Crippen molar-refractivity contribution in [3.8, 4) is 0 Å². The van der Waals surface area contributed by atoms with Crippen LogP contribution in [0, 0.1) is 0 Å². The Morgan fingerprint density at radius 3 is 3.00 bits per heavy atom. The first-order valence-corrected chi connectivity index (χ1v) is 7.75. The van der Waals surface area contributed by atoms with Gasteiger partial charge >= 0.3 is 6.03 Å². The number of pyridine rings is 1. The summed E-state index contributed by atoms with van der Waals surface area (Å²) >= 11 is 0. The van der Waals surface area contributed by atoms with Gasteiger partial charge in [0, 0.05) is 25.2 Å². The lowest BCUT2D eigenvalue weighted by Gasteiger charge is -2.31. The van der Waals surface area contributed by atoms with Crippen LogP contribution in [0.5, 0.6) is 0 Å². The molecule has 8 heteroatoms. The van der Waals surface area contributed by atoms with E-state index in [1.165, 1.54) is 4.90 Å². The van der Waals surface area contributed by atoms with E-state index in [1.54, 1.807) is 0 Å². The summed E-state index contributed by atoms with van der Waals surface area (Å²) in [6.45, 7) is 2.14. The summed E-state index contributed by atoms with van der Waals surface area (Å²) in [6.07, 6.45) is 2.21. The van der Waals surface area contributed by atoms with E-state index >= 15 is 0 Å². The van der Waals surface area contributed by atoms with Crippen molar-refractivity contribution in [3.63, 3.8) is 0 Å². The number of morpholine rings is 1. The molecule has 126 valence electrons. The van der Waals surface area contributed by atoms with E-state index in [1.807, 2.05) is 16.9 Å². The number of aldehydes is 1. The Kier molecular flexibility index (Phi) is 4.59. The molecule has 3 heterocycles. The van der Waals surface area contributed by atoms with Crippen molar-refractivity contribution in [2.45, 2.75) is 19.4 Å². The van der Waals surface area contributed by atoms with Crippen molar-refractivity contribution >= 4 is 24.1 Å². The maximum absolute atomic E-state index is 11.6. The minimum atomic E-state index is -0.576. The second kappa shape index (κ2) is 6.82. The van der Waals surface area contributed by atoms with Gasteiger partial charge in [0.05, 0.1) is 13.2 Å². The number of nitrogens with two attached hydrogens (primary N) is 1. The van der Waals surface area contributed by atoms with Crippen LogP contribution in [0.1, 0.15) is 28.0 Å². The van der Waals surface area contributed by atoms with Crippen molar-refractivity contribution in [3.05, 3.63) is 28.6 Å². The number of nitrogens with zero attached hydrogens (tertiary/aromatic N) is 3. The Morgan fingerprint density at radius 2 is 2.29 bits per heavy atom. The zero-order valence-electron chi connectivity index (χ0n) is 13.2. The Hall–Kier alpha value is -2.70. The predicted octanol–water partition coefficient (Wildman–Crippen LogP) is 0.273. The number of ether oxygens (including phenoxy) is 1. The van der Waals surface area contributed by atoms with Crippen LogP contribution in [0.25, 0.3) is 0 Å². The summed E-state index contributed by atoms with van der Waals surface area (Å²) in [5.74, 6) is 2.34. The Labute approximate surface area is 138 Å². The van der Waals surface area contributed by atoms with Gasteiger partial charge in [-0.25, -0.2) is 14.6 Å². The standard InChI is InChI=1S/C16H18N4O4/c17-16(23)20-3-1-2-11-6-12(14(9-22)18-15(11)20)7-19-4-5-24-10-13(19)8-21/h6,9H,1-5,7,10H2,(H2,17,23). The van der Waals surface area contributed by atoms with Crippen LogP contribution in [-0.2, 0) is 22.5 Å². The van der Waals surface area contributed by atoms with Gasteiger partial charge in [0.2, 0.25) is 0 Å². The largest absolute Gasteiger partial charge is 0.373 e. The molecule has 1 aromatic heterocycles. The molecule has 8 nitrogen and oxygen atoms in total. The third-order valence-corrected chi connectivity index (χ3v) is 4.26. The monoisotopic (exact) mass is 330 g/mol. The molecular weight excluding hydrogens is 312 g/mol. The van der Waals surface area contributed by atoms with Gasteiger partial charge in [0.1, 0.15) is 23.2 Å². The number of hydrogen-bond acceptors (Lipinski definition) is 6. The summed E-state index contributed by atoms with van der Waals surface area (Å²) in [5, 5.41) is 0. The van der Waals surface area contributed by atoms with E-state index in [2.05, 4.69) is 4.98 Å². The molecule has 0 atom stereocenters. The van der Waals surface area contributed by atoms with E-state index in [0.29, 0.717) is 49.6 Å². The number of primary amides is 1. The second-order valence-electron chi connectivity index (χ2n) is 5.75. The maximum Gasteiger partial charge on any atom is 0.320 e. The number of amides is 2. The van der Waals surface area contributed by atoms with Crippen LogP contribution in [0.3, 0.4) is 0 Å². The number of anilines is 1. The van der Waals surface area contributed by atoms with Crippen LogP contribution in [0.2, 0.25) is 0 Å². The molecule has 1 fully saturated rings. The highest BCUT2D eigenvalue weighted by Gasteiger charge is 2.25. The van der Waals surface area contributed by atoms with Crippen molar-refractivity contribution in [2.24, 2.45) is 5.73 Å². The number of rotatable bonds is 3. The fourth-order valence-corrected chi connectivity index (χ4v) is 3.04. The lowest BCUT2D eigenvalue weighted by Crippen LogP contribution is -2.40. The topological polar surface area (TPSA) is 106 Å². The molecule has 24 heavy (non-hydrogen) atoms. The summed E-state index contributed by atoms with van der Waals surface area (Å²) in [5.41, 5.74) is 7.65. The van der Waals surface area contributed by atoms with Gasteiger partial charge in [-0.3, -0.25) is 9.69 Å². The first kappa shape index (κ1) is 16.2. The predicted molar refractivity (Wildman–Crippen MR) is 85.3 cm³/mol. The van der Waals surface area contributed by atoms with E-state index in [4.69, 9.17) is 10.5 Å². The fraction of sp³-hybridized carbons (Fsp3) is 0.438. The van der Waals surface area contributed by atoms with Gasteiger partial charge in [-0.1, -0.05) is 0 Å². The first-order chi connectivity index (χ1) is 11.6. The number of hydrogen-bond donors (Lipinski definition) is 1. The molecule has 0 spiro atoms. The molecule has 1 saturated heterocycles. The molecule has 0 aromatic carbocycles. The average molecular weight is 330 g/mol. The van der Waals surface area contributed by atoms with Gasteiger partial charge in [0.25, 0.3) is 0 Å². The molecule has 2 N–H and O–H groups in total. The number of carbonyl (C=O) groups is 2. The molecule has 1 aromatic rings. The maximum atomic E-state index is 11.6. The fourth-order valence-electron chi connectivity index (χ4n) is 3.04. The number of carbonyl (C=O) groups excluding carboxylic acids is 3. The molecular formula is C16H18N4O4. The third-order valence-electron chi connectivity index (χ3n) is 4.26. The number of urea groups is 1. The van der Waals surface area contributed by atoms with Crippen LogP contribution < -0.4 is 10.6 Å². The quantitative estimate of drug-likeness (QED) is 0.630. The van der Waals surface area contributed by atoms with E-state index in [-0.39, 0.29) is 12.3 Å². The molecule has 2 aliphatic heterocycles. The highest BCUT2D eigenvalue weighted by Crippen LogP contribution is 2.28. The summed E-state index contributed by atoms with van der Waals surface area (Å²) in [4.78, 5) is 41.6. The minimum Gasteiger partial charge on any atom is -0.373 e. The lowest BCUT2D eigenvalue weighted by molar-refractivity contribution is 0.0718. The van der Waals surface area contributed by atoms with Crippen LogP contribution >= 0.6 is 0 Å². The average Bonchev–Trinajstić information content (AvgIpc) is 2.60. The van der Waals surface area contributed by atoms with Gasteiger partial charge in [-0.05, 0) is 24.5 Å². The molecule has 2 amide bonds. The van der Waals surface area contributed by atoms with Crippen molar-refractivity contribution < 1.29 is 19.1 Å². The van der Waals surface area contributed by atoms with Gasteiger partial charge in [-0.15, -0.1) is 0 Å². The van der Waals surface area contributed by atoms with Crippen LogP contribution in [0.15, 0.2) is 11.8 Å². The zero-order valence-corrected chi connectivity index (χ0v) is 13.2. The highest BCUT2D eigenvalue weighted by molar-refractivity contribution is 5.91. The Balaban J connectivity index is 1.95. The smallest absolute Gasteiger partial charge is 0.320 e. The van der Waals surface area contributed by atoms with Crippen molar-refractivity contribution in [1.82, 2.24) is 9.88 Å². The highest BCUT2D eigenvalue weighted by atomic mass is 16.5. The van der Waals surface area contributed by atoms with E-state index in [9.17, 15) is 14.4 Å². The molecule has 3 rings (SSSR count). The first-order valence-electron chi connectivity index (χ1n) is 7.75. The number of aromatic nitrogens is 1. The van der Waals surface area contributed by atoms with Crippen molar-refractivity contribution in [2.75, 3.05) is 31.2 Å². The molecule has 0 saturated carbocycles. The Bertz CT molecular complexity index is 727. The van der Waals surface area contributed by atoms with Gasteiger partial charge in [0.15, 0.2) is 6.29 Å². The molecule has 0 aliphatic carbocycles. The molecule has 0 radical (unpaired) electrons. The van der Waals surface area contributed by atoms with E-state index < -0.39 is 6.03 Å². The number of aryl methyl sites for hydroxylation is 1. The summed E-state index contributed by atoms with van der Waals surface area (Å²) in [6, 6.07) is 1.30. The van der Waals surface area contributed by atoms with Gasteiger partial charge in [-0.2, -0.15) is 0 Å². The third kappa shape index (κ3) is 3.02. The second-order valence-corrected chi connectivity index (χ2v) is 5.75. The lowest BCUT2D eigenvalue weighted by atomic mass is 10.0. The molecule has 0 unspecified atom stereocenters. The van der Waals surface area contributed by atoms with E-state index in [0.717, 1.165) is 18.4 Å². The molecule has 0 bridgehead atoms. The Morgan fingerprint density at radius 1 is 1.46 bits per heavy atom. The van der Waals surface area contributed by atoms with Gasteiger partial charge < -0.3 is 15.4 Å². The van der Waals surface area contributed by atoms with Crippen molar-refractivity contribution in [1.29, 1.82) is 0 Å². The SMILES string of the molecule is NC(=O)N1CCCc2cc(CN3CCOCC3=C=O)c(C=O)nc21. The normalized spacial score (nSPS) is 17.2. The van der Waals surface area contributed by atoms with Crippen LogP contribution in [-0.4, -0.2) is 54.4 Å². The summed E-state index contributed by atoms with van der Waals surface area (Å²) in [7, 11) is 0. The number of fused-ring (bicyclic) bond motifs is 1.